The Bertz CT molecular complexity index is 1520. The number of halogens is 2. The summed E-state index contributed by atoms with van der Waals surface area (Å²) in [6, 6.07) is 0. The summed E-state index contributed by atoms with van der Waals surface area (Å²) in [5, 5.41) is 2.60. The van der Waals surface area contributed by atoms with Crippen molar-refractivity contribution >= 4 is 34.7 Å². The number of nitrogens with zero attached hydrogens (tertiary/aromatic N) is 6. The number of benzene rings is 1. The molecule has 2 amide bonds. The van der Waals surface area contributed by atoms with Crippen LogP contribution in [0.3, 0.4) is 0 Å². The average Bonchev–Trinajstić information content (AvgIpc) is 3.64. The molecule has 1 aromatic carbocycles. The highest BCUT2D eigenvalue weighted by atomic mass is 19.1. The molecule has 0 bridgehead atoms. The van der Waals surface area contributed by atoms with E-state index in [0.717, 1.165) is 0 Å². The number of imidazole rings is 1. The van der Waals surface area contributed by atoms with E-state index in [9.17, 15) is 9.59 Å². The number of aromatic nitrogens is 4. The Morgan fingerprint density at radius 1 is 1.12 bits per heavy atom. The number of aromatic amines is 1. The predicted octanol–water partition coefficient (Wildman–Crippen LogP) is 2.23. The van der Waals surface area contributed by atoms with E-state index in [1.54, 1.807) is 0 Å². The Morgan fingerprint density at radius 3 is 2.63 bits per heavy atom. The first kappa shape index (κ1) is 26.0. The van der Waals surface area contributed by atoms with Crippen LogP contribution in [0.4, 0.5) is 25.2 Å². The number of carbonyl (C=O) groups is 2. The van der Waals surface area contributed by atoms with Gasteiger partial charge in [-0.25, -0.2) is 28.5 Å². The van der Waals surface area contributed by atoms with Crippen LogP contribution in [0.5, 0.6) is 5.88 Å². The van der Waals surface area contributed by atoms with Gasteiger partial charge in [-0.1, -0.05) is 0 Å². The molecule has 1 aliphatic carbocycles. The highest BCUT2D eigenvalue weighted by Crippen LogP contribution is 2.39. The number of hydrogen-bond donors (Lipinski definition) is 2. The first-order valence-electron chi connectivity index (χ1n) is 13.7. The van der Waals surface area contributed by atoms with E-state index in [2.05, 4.69) is 30.2 Å². The molecule has 0 saturated carbocycles. The summed E-state index contributed by atoms with van der Waals surface area (Å²) in [4.78, 5) is 45.9. The van der Waals surface area contributed by atoms with Crippen LogP contribution in [0.2, 0.25) is 0 Å². The van der Waals surface area contributed by atoms with E-state index >= 15 is 8.78 Å². The van der Waals surface area contributed by atoms with Crippen molar-refractivity contribution in [2.24, 2.45) is 5.92 Å². The second-order valence-corrected chi connectivity index (χ2v) is 11.7. The first-order valence-corrected chi connectivity index (χ1v) is 13.7. The van der Waals surface area contributed by atoms with Gasteiger partial charge in [-0.2, -0.15) is 0 Å². The normalized spacial score (nSPS) is 20.5. The highest BCUT2D eigenvalue weighted by Gasteiger charge is 2.48. The minimum Gasteiger partial charge on any atom is -0.465 e. The second kappa shape index (κ2) is 9.58. The lowest BCUT2D eigenvalue weighted by Crippen LogP contribution is -2.48. The zero-order chi connectivity index (χ0) is 28.5. The Labute approximate surface area is 234 Å². The third kappa shape index (κ3) is 4.54. The van der Waals surface area contributed by atoms with Gasteiger partial charge < -0.3 is 29.6 Å². The molecule has 12 nitrogen and oxygen atoms in total. The van der Waals surface area contributed by atoms with Crippen molar-refractivity contribution < 1.29 is 27.8 Å². The largest absolute Gasteiger partial charge is 0.465 e. The number of nitrogens with one attached hydrogen (secondary N) is 2. The van der Waals surface area contributed by atoms with Crippen molar-refractivity contribution in [1.82, 2.24) is 29.7 Å². The van der Waals surface area contributed by atoms with Gasteiger partial charge in [0.25, 0.3) is 11.8 Å². The van der Waals surface area contributed by atoms with Crippen molar-refractivity contribution in [2.75, 3.05) is 57.1 Å². The SMILES string of the molecule is CN(C)Cc1nc2c(F)c3c(c(F)c2[nH]1)CC(CN1CCC2(CC1)CN(c1cnc4c(n1)NC(=O)CO4)C(=O)O2)C3. The van der Waals surface area contributed by atoms with Crippen LogP contribution in [-0.4, -0.2) is 94.2 Å². The molecule has 2 saturated heterocycles. The van der Waals surface area contributed by atoms with Gasteiger partial charge in [0, 0.05) is 32.5 Å². The molecule has 1 atom stereocenters. The standard InChI is InChI=1S/C27H30F2N8O4/c1-35(2)11-17-31-22-20(28)15-7-14(8-16(15)21(29)23(22)32-17)10-36-5-3-27(4-6-36)13-37(26(39)41-27)18-9-30-25-24(33-18)34-19(38)12-40-25/h9,14H,3-8,10-13H2,1-2H3,(H,31,32)(H,33,34,38). The van der Waals surface area contributed by atoms with Crippen LogP contribution < -0.4 is 15.0 Å². The lowest BCUT2D eigenvalue weighted by molar-refractivity contribution is -0.118. The minimum absolute atomic E-state index is 0.0739. The molecule has 14 heteroatoms. The van der Waals surface area contributed by atoms with Crippen molar-refractivity contribution in [3.8, 4) is 5.88 Å². The number of rotatable bonds is 5. The van der Waals surface area contributed by atoms with Gasteiger partial charge in [-0.3, -0.25) is 9.69 Å². The fourth-order valence-corrected chi connectivity index (χ4v) is 6.43. The van der Waals surface area contributed by atoms with Gasteiger partial charge in [0.15, 0.2) is 29.9 Å². The molecular weight excluding hydrogens is 538 g/mol. The molecule has 4 aliphatic rings. The molecule has 5 heterocycles. The lowest BCUT2D eigenvalue weighted by Gasteiger charge is -2.38. The number of H-pyrrole nitrogens is 1. The topological polar surface area (TPSA) is 129 Å². The van der Waals surface area contributed by atoms with Crippen LogP contribution >= 0.6 is 0 Å². The van der Waals surface area contributed by atoms with Crippen LogP contribution in [0.25, 0.3) is 11.0 Å². The Hall–Kier alpha value is -3.91. The molecule has 1 unspecified atom stereocenters. The maximum Gasteiger partial charge on any atom is 0.416 e. The van der Waals surface area contributed by atoms with Gasteiger partial charge in [0.1, 0.15) is 22.5 Å². The smallest absolute Gasteiger partial charge is 0.416 e. The Morgan fingerprint density at radius 2 is 1.88 bits per heavy atom. The zero-order valence-electron chi connectivity index (χ0n) is 22.8. The van der Waals surface area contributed by atoms with Gasteiger partial charge >= 0.3 is 6.09 Å². The zero-order valence-corrected chi connectivity index (χ0v) is 22.8. The quantitative estimate of drug-likeness (QED) is 0.476. The van der Waals surface area contributed by atoms with Gasteiger partial charge in [-0.15, -0.1) is 0 Å². The fourth-order valence-electron chi connectivity index (χ4n) is 6.43. The number of fused-ring (bicyclic) bond motifs is 3. The molecule has 3 aromatic rings. The second-order valence-electron chi connectivity index (χ2n) is 11.7. The van der Waals surface area contributed by atoms with E-state index in [-0.39, 0.29) is 47.0 Å². The van der Waals surface area contributed by atoms with Crippen LogP contribution in [0.15, 0.2) is 6.20 Å². The molecule has 2 aromatic heterocycles. The molecule has 0 radical (unpaired) electrons. The van der Waals surface area contributed by atoms with E-state index in [4.69, 9.17) is 9.47 Å². The number of piperidine rings is 1. The van der Waals surface area contributed by atoms with E-state index in [1.807, 2.05) is 19.0 Å². The summed E-state index contributed by atoms with van der Waals surface area (Å²) in [5.41, 5.74) is 0.442. The Kier molecular flexibility index (Phi) is 6.08. The van der Waals surface area contributed by atoms with Crippen LogP contribution in [0.1, 0.15) is 29.8 Å². The summed E-state index contributed by atoms with van der Waals surface area (Å²) in [6.07, 6.45) is 3.10. The molecule has 41 heavy (non-hydrogen) atoms. The maximum absolute atomic E-state index is 15.4. The number of amides is 2. The summed E-state index contributed by atoms with van der Waals surface area (Å²) in [5.74, 6) is 0.130. The van der Waals surface area contributed by atoms with Gasteiger partial charge in [0.2, 0.25) is 0 Å². The van der Waals surface area contributed by atoms with Crippen molar-refractivity contribution in [1.29, 1.82) is 0 Å². The average molecular weight is 569 g/mol. The van der Waals surface area contributed by atoms with Gasteiger partial charge in [-0.05, 0) is 44.0 Å². The van der Waals surface area contributed by atoms with Gasteiger partial charge in [0.05, 0.1) is 19.3 Å². The maximum atomic E-state index is 15.4. The number of likely N-dealkylation sites (tertiary alicyclic amines) is 1. The van der Waals surface area contributed by atoms with E-state index < -0.39 is 23.3 Å². The van der Waals surface area contributed by atoms with Crippen molar-refractivity contribution in [2.45, 2.75) is 37.8 Å². The summed E-state index contributed by atoms with van der Waals surface area (Å²) in [7, 11) is 3.75. The van der Waals surface area contributed by atoms with Crippen LogP contribution in [-0.2, 0) is 28.9 Å². The molecule has 7 rings (SSSR count). The minimum atomic E-state index is -0.656. The van der Waals surface area contributed by atoms with Crippen LogP contribution in [0, 0.1) is 17.6 Å². The third-order valence-electron chi connectivity index (χ3n) is 8.38. The molecule has 2 N–H and O–H groups in total. The van der Waals surface area contributed by atoms with E-state index in [1.165, 1.54) is 11.1 Å². The summed E-state index contributed by atoms with van der Waals surface area (Å²) < 4.78 is 41.9. The van der Waals surface area contributed by atoms with Crippen molar-refractivity contribution in [3.05, 3.63) is 34.8 Å². The van der Waals surface area contributed by atoms with E-state index in [0.29, 0.717) is 75.4 Å². The predicted molar refractivity (Wildman–Crippen MR) is 143 cm³/mol. The Balaban J connectivity index is 0.993. The molecular formula is C27H30F2N8O4. The third-order valence-corrected chi connectivity index (χ3v) is 8.38. The number of anilines is 2. The number of carbonyl (C=O) groups excluding carboxylic acids is 2. The highest BCUT2D eigenvalue weighted by molar-refractivity contribution is 5.94. The fraction of sp³-hybridized carbons (Fsp3) is 0.519. The first-order chi connectivity index (χ1) is 19.7. The van der Waals surface area contributed by atoms with Crippen molar-refractivity contribution in [3.63, 3.8) is 0 Å². The summed E-state index contributed by atoms with van der Waals surface area (Å²) >= 11 is 0. The molecule has 2 fully saturated rings. The summed E-state index contributed by atoms with van der Waals surface area (Å²) in [6.45, 7) is 2.74. The molecule has 3 aliphatic heterocycles. The lowest BCUT2D eigenvalue weighted by atomic mass is 9.90. The molecule has 216 valence electrons. The number of hydrogen-bond acceptors (Lipinski definition) is 9. The molecule has 1 spiro atoms. The number of ether oxygens (including phenoxy) is 2. The monoisotopic (exact) mass is 568 g/mol.